The van der Waals surface area contributed by atoms with Crippen LogP contribution in [0.2, 0.25) is 5.02 Å². The molecule has 1 aliphatic rings. The smallest absolute Gasteiger partial charge is 0.322 e. The number of halogens is 2. The predicted octanol–water partition coefficient (Wildman–Crippen LogP) is 5.84. The number of nitrogens with one attached hydrogen (secondary N) is 1. The molecule has 0 aliphatic heterocycles. The van der Waals surface area contributed by atoms with Gasteiger partial charge in [-0.25, -0.2) is 19.3 Å². The molecule has 1 saturated carbocycles. The van der Waals surface area contributed by atoms with E-state index in [1.54, 1.807) is 42.7 Å². The van der Waals surface area contributed by atoms with E-state index in [4.69, 9.17) is 26.4 Å². The van der Waals surface area contributed by atoms with E-state index in [-0.39, 0.29) is 24.0 Å². The Morgan fingerprint density at radius 1 is 1.07 bits per heavy atom. The van der Waals surface area contributed by atoms with Crippen molar-refractivity contribution >= 4 is 39.4 Å². The molecule has 3 heterocycles. The summed E-state index contributed by atoms with van der Waals surface area (Å²) >= 11 is 6.65. The fourth-order valence-electron chi connectivity index (χ4n) is 5.68. The number of amides is 1. The normalized spacial score (nSPS) is 17.2. The molecule has 2 aromatic carbocycles. The molecule has 0 atom stereocenters. The Bertz CT molecular complexity index is 1780. The van der Waals surface area contributed by atoms with Crippen molar-refractivity contribution in [3.8, 4) is 22.9 Å². The van der Waals surface area contributed by atoms with Gasteiger partial charge in [0.05, 0.1) is 22.3 Å². The number of benzene rings is 2. The summed E-state index contributed by atoms with van der Waals surface area (Å²) in [6.07, 6.45) is 6.53. The summed E-state index contributed by atoms with van der Waals surface area (Å²) in [5, 5.41) is 13.0. The quantitative estimate of drug-likeness (QED) is 0.262. The molecular formula is C30H28ClFN6O3. The lowest BCUT2D eigenvalue weighted by Gasteiger charge is -2.31. The van der Waals surface area contributed by atoms with Crippen molar-refractivity contribution in [1.82, 2.24) is 29.8 Å². The first-order valence-corrected chi connectivity index (χ1v) is 13.8. The summed E-state index contributed by atoms with van der Waals surface area (Å²) in [7, 11) is 0. The van der Waals surface area contributed by atoms with Crippen molar-refractivity contribution in [2.24, 2.45) is 0 Å². The van der Waals surface area contributed by atoms with E-state index in [9.17, 15) is 4.79 Å². The molecule has 210 valence electrons. The molecular weight excluding hydrogens is 547 g/mol. The third-order valence-electron chi connectivity index (χ3n) is 7.56. The van der Waals surface area contributed by atoms with Crippen molar-refractivity contribution in [1.29, 1.82) is 0 Å². The molecule has 41 heavy (non-hydrogen) atoms. The number of fused-ring (bicyclic) bond motifs is 3. The molecule has 3 aromatic heterocycles. The highest BCUT2D eigenvalue weighted by molar-refractivity contribution is 6.33. The minimum absolute atomic E-state index is 0.0340. The van der Waals surface area contributed by atoms with Crippen LogP contribution in [0.5, 0.6) is 11.8 Å². The van der Waals surface area contributed by atoms with Crippen LogP contribution in [0.4, 0.5) is 4.39 Å². The minimum Gasteiger partial charge on any atom is -0.424 e. The van der Waals surface area contributed by atoms with E-state index in [1.165, 1.54) is 6.07 Å². The maximum absolute atomic E-state index is 15.5. The first kappa shape index (κ1) is 27.0. The average Bonchev–Trinajstić information content (AvgIpc) is 3.29. The summed E-state index contributed by atoms with van der Waals surface area (Å²) < 4.78 is 23.5. The maximum atomic E-state index is 15.5. The molecule has 9 nitrogen and oxygen atoms in total. The monoisotopic (exact) mass is 574 g/mol. The standard InChI is InChI=1S/C30H28ClFN6O3/c1-16-9-10-33-30(35-16)41-20-7-8-21(24(31)11-20)22-12-23-26(13-25(22)32)34-14-27-29(23)38(17(2)36-27)19-5-3-18(4-6-19)37-28(40)15-39/h7-14,18-19,39H,3-6,15H2,1-2H3,(H,37,40)/t18-,19+. The van der Waals surface area contributed by atoms with Gasteiger partial charge in [-0.15, -0.1) is 0 Å². The highest BCUT2D eigenvalue weighted by Crippen LogP contribution is 2.39. The van der Waals surface area contributed by atoms with E-state index >= 15 is 4.39 Å². The van der Waals surface area contributed by atoms with Gasteiger partial charge < -0.3 is 19.7 Å². The van der Waals surface area contributed by atoms with E-state index in [2.05, 4.69) is 24.8 Å². The van der Waals surface area contributed by atoms with Crippen LogP contribution in [0.25, 0.3) is 33.1 Å². The molecule has 0 saturated heterocycles. The molecule has 1 aliphatic carbocycles. The number of carbonyl (C=O) groups excluding carboxylic acids is 1. The van der Waals surface area contributed by atoms with Crippen molar-refractivity contribution in [2.75, 3.05) is 6.61 Å². The van der Waals surface area contributed by atoms with Gasteiger partial charge >= 0.3 is 6.01 Å². The van der Waals surface area contributed by atoms with Gasteiger partial charge in [0.25, 0.3) is 0 Å². The fraction of sp³-hybridized carbons (Fsp3) is 0.300. The number of hydrogen-bond donors (Lipinski definition) is 2. The van der Waals surface area contributed by atoms with Gasteiger partial charge in [0, 0.05) is 52.6 Å². The van der Waals surface area contributed by atoms with Gasteiger partial charge in [-0.05, 0) is 63.8 Å². The second-order valence-corrected chi connectivity index (χ2v) is 10.7. The molecule has 1 fully saturated rings. The van der Waals surface area contributed by atoms with Crippen LogP contribution < -0.4 is 10.1 Å². The van der Waals surface area contributed by atoms with Crippen LogP contribution in [-0.4, -0.2) is 48.2 Å². The lowest BCUT2D eigenvalue weighted by Crippen LogP contribution is -2.39. The van der Waals surface area contributed by atoms with Gasteiger partial charge in [0.15, 0.2) is 0 Å². The number of pyridine rings is 1. The Kier molecular flexibility index (Phi) is 7.27. The number of ether oxygens (including phenoxy) is 1. The van der Waals surface area contributed by atoms with Gasteiger partial charge in [0.2, 0.25) is 5.91 Å². The van der Waals surface area contributed by atoms with E-state index in [0.717, 1.165) is 53.6 Å². The second-order valence-electron chi connectivity index (χ2n) is 10.3. The lowest BCUT2D eigenvalue weighted by molar-refractivity contribution is -0.124. The number of carbonyl (C=O) groups is 1. The molecule has 1 amide bonds. The summed E-state index contributed by atoms with van der Waals surface area (Å²) in [6.45, 7) is 3.30. The molecule has 0 radical (unpaired) electrons. The molecule has 0 bridgehead atoms. The van der Waals surface area contributed by atoms with Crippen molar-refractivity contribution in [2.45, 2.75) is 51.6 Å². The van der Waals surface area contributed by atoms with Crippen LogP contribution in [-0.2, 0) is 4.79 Å². The molecule has 11 heteroatoms. The van der Waals surface area contributed by atoms with Crippen molar-refractivity contribution in [3.63, 3.8) is 0 Å². The summed E-state index contributed by atoms with van der Waals surface area (Å²) in [5.41, 5.74) is 3.78. The highest BCUT2D eigenvalue weighted by atomic mass is 35.5. The topological polar surface area (TPSA) is 115 Å². The third kappa shape index (κ3) is 5.32. The van der Waals surface area contributed by atoms with E-state index < -0.39 is 12.4 Å². The average molecular weight is 575 g/mol. The number of aromatic nitrogens is 5. The Balaban J connectivity index is 1.37. The van der Waals surface area contributed by atoms with Crippen LogP contribution in [0.3, 0.4) is 0 Å². The van der Waals surface area contributed by atoms with Gasteiger partial charge in [0.1, 0.15) is 29.5 Å². The zero-order chi connectivity index (χ0) is 28.7. The lowest BCUT2D eigenvalue weighted by atomic mass is 9.90. The number of aliphatic hydroxyl groups is 1. The highest BCUT2D eigenvalue weighted by Gasteiger charge is 2.27. The Morgan fingerprint density at radius 2 is 1.88 bits per heavy atom. The number of imidazole rings is 1. The van der Waals surface area contributed by atoms with Crippen LogP contribution in [0.15, 0.2) is 48.8 Å². The van der Waals surface area contributed by atoms with Crippen molar-refractivity contribution in [3.05, 3.63) is 71.2 Å². The van der Waals surface area contributed by atoms with Gasteiger partial charge in [-0.2, -0.15) is 0 Å². The van der Waals surface area contributed by atoms with E-state index in [0.29, 0.717) is 27.4 Å². The van der Waals surface area contributed by atoms with Crippen LogP contribution in [0, 0.1) is 19.7 Å². The van der Waals surface area contributed by atoms with Crippen molar-refractivity contribution < 1.29 is 19.0 Å². The van der Waals surface area contributed by atoms with E-state index in [1.807, 2.05) is 13.8 Å². The maximum Gasteiger partial charge on any atom is 0.322 e. The molecule has 6 rings (SSSR count). The second kappa shape index (κ2) is 11.0. The van der Waals surface area contributed by atoms with Crippen LogP contribution in [0.1, 0.15) is 43.2 Å². The number of hydrogen-bond acceptors (Lipinski definition) is 7. The summed E-state index contributed by atoms with van der Waals surface area (Å²) in [4.78, 5) is 29.3. The minimum atomic E-state index is -0.510. The Hall–Kier alpha value is -4.15. The zero-order valence-electron chi connectivity index (χ0n) is 22.6. The molecule has 0 unspecified atom stereocenters. The number of aryl methyl sites for hydroxylation is 2. The fourth-order valence-corrected chi connectivity index (χ4v) is 5.95. The number of aliphatic hydroxyl groups excluding tert-OH is 1. The zero-order valence-corrected chi connectivity index (χ0v) is 23.3. The Morgan fingerprint density at radius 3 is 2.61 bits per heavy atom. The third-order valence-corrected chi connectivity index (χ3v) is 7.88. The van der Waals surface area contributed by atoms with Gasteiger partial charge in [-0.1, -0.05) is 11.6 Å². The molecule has 0 spiro atoms. The molecule has 2 N–H and O–H groups in total. The largest absolute Gasteiger partial charge is 0.424 e. The number of nitrogens with zero attached hydrogens (tertiary/aromatic N) is 5. The summed E-state index contributed by atoms with van der Waals surface area (Å²) in [6, 6.07) is 10.4. The Labute approximate surface area is 240 Å². The first-order valence-electron chi connectivity index (χ1n) is 13.4. The molecule has 5 aromatic rings. The summed E-state index contributed by atoms with van der Waals surface area (Å²) in [5.74, 6) is 0.492. The number of rotatable bonds is 6. The first-order chi connectivity index (χ1) is 19.8. The SMILES string of the molecule is Cc1ccnc(Oc2ccc(-c3cc4c(cc3F)ncc3nc(C)n([C@H]5CC[C@@H](NC(=O)CO)CC5)c34)c(Cl)c2)n1. The van der Waals surface area contributed by atoms with Crippen LogP contribution >= 0.6 is 11.6 Å². The van der Waals surface area contributed by atoms with Gasteiger partial charge in [-0.3, -0.25) is 9.78 Å². The predicted molar refractivity (Wildman–Crippen MR) is 154 cm³/mol.